The fourth-order valence-electron chi connectivity index (χ4n) is 1.29. The van der Waals surface area contributed by atoms with Crippen molar-refractivity contribution >= 4 is 23.0 Å². The van der Waals surface area contributed by atoms with Gasteiger partial charge in [0.1, 0.15) is 11.9 Å². The van der Waals surface area contributed by atoms with Gasteiger partial charge in [-0.2, -0.15) is 4.98 Å². The highest BCUT2D eigenvalue weighted by molar-refractivity contribution is 6.28. The third-order valence-electron chi connectivity index (χ3n) is 2.17. The Kier molecular flexibility index (Phi) is 3.71. The largest absolute Gasteiger partial charge is 0.434 e. The van der Waals surface area contributed by atoms with Crippen LogP contribution in [0.4, 0.5) is 11.4 Å². The fraction of sp³-hybridized carbons (Fsp3) is 0. The Hall–Kier alpha value is -2.81. The van der Waals surface area contributed by atoms with Crippen molar-refractivity contribution in [3.8, 4) is 11.6 Å². The molecule has 0 amide bonds. The van der Waals surface area contributed by atoms with E-state index in [-0.39, 0.29) is 22.6 Å². The molecule has 0 bridgehead atoms. The van der Waals surface area contributed by atoms with Crippen molar-refractivity contribution in [2.24, 2.45) is 0 Å². The zero-order chi connectivity index (χ0) is 14.7. The number of nitro groups is 2. The van der Waals surface area contributed by atoms with Gasteiger partial charge in [-0.05, 0) is 23.7 Å². The van der Waals surface area contributed by atoms with Crippen LogP contribution in [0.25, 0.3) is 0 Å². The molecule has 1 heterocycles. The van der Waals surface area contributed by atoms with Crippen LogP contribution in [0.1, 0.15) is 0 Å². The van der Waals surface area contributed by atoms with Gasteiger partial charge < -0.3 is 4.74 Å². The number of halogens is 1. The molecule has 0 aliphatic heterocycles. The molecule has 10 heteroatoms. The average Bonchev–Trinajstić information content (AvgIpc) is 2.39. The van der Waals surface area contributed by atoms with Gasteiger partial charge in [-0.1, -0.05) is 0 Å². The molecule has 102 valence electrons. The van der Waals surface area contributed by atoms with E-state index < -0.39 is 15.5 Å². The van der Waals surface area contributed by atoms with Gasteiger partial charge in [0.05, 0.1) is 9.85 Å². The second-order valence-corrected chi connectivity index (χ2v) is 3.78. The highest BCUT2D eigenvalue weighted by atomic mass is 35.5. The lowest BCUT2D eigenvalue weighted by Gasteiger charge is -2.04. The maximum atomic E-state index is 10.8. The van der Waals surface area contributed by atoms with Crippen LogP contribution in [-0.4, -0.2) is 19.8 Å². The van der Waals surface area contributed by atoms with Crippen LogP contribution in [0.3, 0.4) is 0 Å². The summed E-state index contributed by atoms with van der Waals surface area (Å²) in [6.45, 7) is 0. The number of aromatic nitrogens is 2. The summed E-state index contributed by atoms with van der Waals surface area (Å²) in [5.74, 6) is -0.197. The number of nitro benzene ring substituents is 1. The smallest absolute Gasteiger partial charge is 0.349 e. The fourth-order valence-corrected chi connectivity index (χ4v) is 1.41. The van der Waals surface area contributed by atoms with E-state index in [9.17, 15) is 20.2 Å². The van der Waals surface area contributed by atoms with Crippen molar-refractivity contribution in [1.29, 1.82) is 0 Å². The van der Waals surface area contributed by atoms with Crippen LogP contribution in [0.15, 0.2) is 30.5 Å². The molecule has 0 spiro atoms. The molecule has 0 N–H and O–H groups in total. The van der Waals surface area contributed by atoms with E-state index in [1.807, 2.05) is 0 Å². The molecule has 9 nitrogen and oxygen atoms in total. The molecular weight excluding hydrogens is 292 g/mol. The summed E-state index contributed by atoms with van der Waals surface area (Å²) in [5.41, 5.74) is -0.597. The molecule has 0 radical (unpaired) electrons. The monoisotopic (exact) mass is 296 g/mol. The van der Waals surface area contributed by atoms with Gasteiger partial charge >= 0.3 is 11.6 Å². The lowest BCUT2D eigenvalue weighted by Crippen LogP contribution is -1.98. The van der Waals surface area contributed by atoms with Crippen molar-refractivity contribution in [3.63, 3.8) is 0 Å². The molecule has 0 saturated heterocycles. The zero-order valence-corrected chi connectivity index (χ0v) is 10.4. The van der Waals surface area contributed by atoms with E-state index >= 15 is 0 Å². The molecule has 0 unspecified atom stereocenters. The quantitative estimate of drug-likeness (QED) is 0.483. The summed E-state index contributed by atoms with van der Waals surface area (Å²) in [7, 11) is 0. The minimum Gasteiger partial charge on any atom is -0.434 e. The Morgan fingerprint density at radius 3 is 2.30 bits per heavy atom. The Morgan fingerprint density at radius 1 is 1.10 bits per heavy atom. The van der Waals surface area contributed by atoms with Crippen molar-refractivity contribution in [2.75, 3.05) is 0 Å². The molecule has 2 rings (SSSR count). The van der Waals surface area contributed by atoms with E-state index in [0.717, 1.165) is 6.20 Å². The SMILES string of the molecule is O=[N+]([O-])c1ccc(Oc2nc(Cl)ncc2[N+](=O)[O-])cc1. The first-order chi connectivity index (χ1) is 9.47. The predicted octanol–water partition coefficient (Wildman–Crippen LogP) is 2.74. The van der Waals surface area contributed by atoms with Gasteiger partial charge in [0.2, 0.25) is 5.28 Å². The van der Waals surface area contributed by atoms with E-state index in [4.69, 9.17) is 16.3 Å². The molecule has 1 aromatic carbocycles. The maximum Gasteiger partial charge on any atom is 0.349 e. The van der Waals surface area contributed by atoms with E-state index in [2.05, 4.69) is 9.97 Å². The molecule has 2 aromatic rings. The number of rotatable bonds is 4. The minimum absolute atomic E-state index is 0.132. The van der Waals surface area contributed by atoms with Gasteiger partial charge in [-0.15, -0.1) is 0 Å². The van der Waals surface area contributed by atoms with Crippen molar-refractivity contribution in [2.45, 2.75) is 0 Å². The number of non-ortho nitro benzene ring substituents is 1. The third-order valence-corrected chi connectivity index (χ3v) is 2.35. The third kappa shape index (κ3) is 2.95. The lowest BCUT2D eigenvalue weighted by molar-refractivity contribution is -0.386. The highest BCUT2D eigenvalue weighted by Gasteiger charge is 2.19. The summed E-state index contributed by atoms with van der Waals surface area (Å²) >= 11 is 5.54. The van der Waals surface area contributed by atoms with Crippen molar-refractivity contribution in [3.05, 3.63) is 56.0 Å². The van der Waals surface area contributed by atoms with Crippen LogP contribution in [0.2, 0.25) is 5.28 Å². The predicted molar refractivity (Wildman–Crippen MR) is 66.9 cm³/mol. The standard InChI is InChI=1S/C10H5ClN4O5/c11-10-12-5-8(15(18)19)9(13-10)20-7-3-1-6(2-4-7)14(16)17/h1-5H. The number of hydrogen-bond donors (Lipinski definition) is 0. The summed E-state index contributed by atoms with van der Waals surface area (Å²) in [6, 6.07) is 4.98. The number of hydrogen-bond acceptors (Lipinski definition) is 7. The maximum absolute atomic E-state index is 10.8. The van der Waals surface area contributed by atoms with Gasteiger partial charge in [0.25, 0.3) is 5.69 Å². The molecule has 0 atom stereocenters. The summed E-state index contributed by atoms with van der Waals surface area (Å²) in [5, 5.41) is 21.1. The second-order valence-electron chi connectivity index (χ2n) is 3.44. The first-order valence-electron chi connectivity index (χ1n) is 5.06. The Bertz CT molecular complexity index is 676. The minimum atomic E-state index is -0.725. The zero-order valence-electron chi connectivity index (χ0n) is 9.59. The Balaban J connectivity index is 2.31. The Labute approximate surface area is 116 Å². The summed E-state index contributed by atoms with van der Waals surface area (Å²) < 4.78 is 5.19. The molecule has 0 fully saturated rings. The van der Waals surface area contributed by atoms with E-state index in [1.54, 1.807) is 0 Å². The number of ether oxygens (including phenoxy) is 1. The molecule has 0 aliphatic rings. The number of nitrogens with zero attached hydrogens (tertiary/aromatic N) is 4. The topological polar surface area (TPSA) is 121 Å². The Morgan fingerprint density at radius 2 is 1.75 bits per heavy atom. The van der Waals surface area contributed by atoms with Gasteiger partial charge in [-0.3, -0.25) is 20.2 Å². The van der Waals surface area contributed by atoms with E-state index in [1.165, 1.54) is 24.3 Å². The molecule has 20 heavy (non-hydrogen) atoms. The van der Waals surface area contributed by atoms with Gasteiger partial charge in [-0.25, -0.2) is 4.98 Å². The lowest BCUT2D eigenvalue weighted by atomic mass is 10.3. The van der Waals surface area contributed by atoms with Crippen LogP contribution >= 0.6 is 11.6 Å². The first kappa shape index (κ1) is 13.6. The van der Waals surface area contributed by atoms with Crippen molar-refractivity contribution < 1.29 is 14.6 Å². The second kappa shape index (κ2) is 5.45. The summed E-state index contributed by atoms with van der Waals surface area (Å²) in [6.07, 6.45) is 0.913. The number of benzene rings is 1. The van der Waals surface area contributed by atoms with Crippen LogP contribution in [0, 0.1) is 20.2 Å². The van der Waals surface area contributed by atoms with Gasteiger partial charge in [0, 0.05) is 12.1 Å². The summed E-state index contributed by atoms with van der Waals surface area (Å²) in [4.78, 5) is 27.1. The molecule has 0 saturated carbocycles. The first-order valence-corrected chi connectivity index (χ1v) is 5.44. The van der Waals surface area contributed by atoms with Gasteiger partial charge in [0.15, 0.2) is 0 Å². The highest BCUT2D eigenvalue weighted by Crippen LogP contribution is 2.30. The normalized spacial score (nSPS) is 10.1. The molecular formula is C10H5ClN4O5. The van der Waals surface area contributed by atoms with Crippen LogP contribution < -0.4 is 4.74 Å². The molecule has 0 aliphatic carbocycles. The van der Waals surface area contributed by atoms with Crippen molar-refractivity contribution in [1.82, 2.24) is 9.97 Å². The van der Waals surface area contributed by atoms with Crippen LogP contribution in [-0.2, 0) is 0 Å². The average molecular weight is 297 g/mol. The van der Waals surface area contributed by atoms with Crippen LogP contribution in [0.5, 0.6) is 11.6 Å². The van der Waals surface area contributed by atoms with E-state index in [0.29, 0.717) is 0 Å². The molecule has 1 aromatic heterocycles.